The van der Waals surface area contributed by atoms with Gasteiger partial charge in [0, 0.05) is 13.2 Å². The van der Waals surface area contributed by atoms with E-state index in [-0.39, 0.29) is 6.29 Å². The van der Waals surface area contributed by atoms with Crippen molar-refractivity contribution in [3.05, 3.63) is 36.5 Å². The average molecular weight is 533 g/mol. The van der Waals surface area contributed by atoms with Gasteiger partial charge in [0.15, 0.2) is 6.29 Å². The minimum absolute atomic E-state index is 0.0169. The lowest BCUT2D eigenvalue weighted by Crippen LogP contribution is -2.19. The van der Waals surface area contributed by atoms with Crippen molar-refractivity contribution in [3.63, 3.8) is 0 Å². The molecule has 0 saturated heterocycles. The zero-order valence-electron chi connectivity index (χ0n) is 26.2. The second kappa shape index (κ2) is 34.2. The summed E-state index contributed by atoms with van der Waals surface area (Å²) in [4.78, 5) is 0. The van der Waals surface area contributed by atoms with Crippen molar-refractivity contribution in [2.24, 2.45) is 0 Å². The van der Waals surface area contributed by atoms with E-state index >= 15 is 0 Å². The predicted octanol–water partition coefficient (Wildman–Crippen LogP) is 12.4. The van der Waals surface area contributed by atoms with Gasteiger partial charge in [0.05, 0.1) is 0 Å². The fourth-order valence-electron chi connectivity index (χ4n) is 4.56. The first-order chi connectivity index (χ1) is 18.8. The zero-order chi connectivity index (χ0) is 27.6. The third kappa shape index (κ3) is 31.4. The molecule has 38 heavy (non-hydrogen) atoms. The van der Waals surface area contributed by atoms with Crippen molar-refractivity contribution >= 4 is 0 Å². The van der Waals surface area contributed by atoms with Gasteiger partial charge in [0.1, 0.15) is 0 Å². The summed E-state index contributed by atoms with van der Waals surface area (Å²) in [5.41, 5.74) is 0. The standard InChI is InChI=1S/C36H68O2/c1-4-7-10-12-14-16-18-19-20-21-22-23-24-25-27-29-31-33-36(37-34-9-6-3)38-35-32-30-28-26-17-15-13-11-8-5-2/h11,13-14,16,19-20,36H,4-10,12,15,17-18,21-35H2,1-3H3/b13-11-,16-14-,20-19-. The van der Waals surface area contributed by atoms with Crippen LogP contribution in [0.3, 0.4) is 0 Å². The third-order valence-corrected chi connectivity index (χ3v) is 7.13. The first-order valence-electron chi connectivity index (χ1n) is 17.0. The van der Waals surface area contributed by atoms with Crippen molar-refractivity contribution in [1.29, 1.82) is 0 Å². The Labute approximate surface area is 240 Å². The maximum Gasteiger partial charge on any atom is 0.157 e. The quantitative estimate of drug-likeness (QED) is 0.0502. The Hall–Kier alpha value is -0.860. The summed E-state index contributed by atoms with van der Waals surface area (Å²) in [6.07, 6.45) is 44.7. The van der Waals surface area contributed by atoms with Crippen LogP contribution in [0.2, 0.25) is 0 Å². The van der Waals surface area contributed by atoms with Gasteiger partial charge in [-0.3, -0.25) is 0 Å². The maximum absolute atomic E-state index is 6.15. The van der Waals surface area contributed by atoms with Gasteiger partial charge in [-0.2, -0.15) is 0 Å². The molecule has 0 aromatic rings. The van der Waals surface area contributed by atoms with E-state index in [2.05, 4.69) is 57.2 Å². The molecule has 0 rings (SSSR count). The summed E-state index contributed by atoms with van der Waals surface area (Å²) < 4.78 is 12.2. The Morgan fingerprint density at radius 3 is 1.42 bits per heavy atom. The molecular formula is C36H68O2. The van der Waals surface area contributed by atoms with Crippen LogP contribution in [-0.4, -0.2) is 19.5 Å². The number of unbranched alkanes of at least 4 members (excludes halogenated alkanes) is 17. The Balaban J connectivity index is 3.65. The van der Waals surface area contributed by atoms with Crippen LogP contribution in [0.15, 0.2) is 36.5 Å². The van der Waals surface area contributed by atoms with E-state index in [1.165, 1.54) is 135 Å². The minimum Gasteiger partial charge on any atom is -0.353 e. The molecule has 0 saturated carbocycles. The molecule has 2 heteroatoms. The fraction of sp³-hybridized carbons (Fsp3) is 0.833. The SMILES string of the molecule is CCC/C=C\CCCCCCCOC(CCCCCCCCC/C=C\C/C=C\CCCCC)OCCCC. The van der Waals surface area contributed by atoms with Crippen molar-refractivity contribution in [2.75, 3.05) is 13.2 Å². The lowest BCUT2D eigenvalue weighted by Gasteiger charge is -2.18. The van der Waals surface area contributed by atoms with E-state index in [4.69, 9.17) is 9.47 Å². The predicted molar refractivity (Wildman–Crippen MR) is 171 cm³/mol. The third-order valence-electron chi connectivity index (χ3n) is 7.13. The molecule has 224 valence electrons. The summed E-state index contributed by atoms with van der Waals surface area (Å²) >= 11 is 0. The molecule has 0 aliphatic heterocycles. The van der Waals surface area contributed by atoms with Crippen LogP contribution in [0.5, 0.6) is 0 Å². The van der Waals surface area contributed by atoms with Crippen LogP contribution in [0, 0.1) is 0 Å². The lowest BCUT2D eigenvalue weighted by atomic mass is 10.1. The van der Waals surface area contributed by atoms with Gasteiger partial charge in [-0.1, -0.05) is 134 Å². The molecule has 0 heterocycles. The molecule has 0 aliphatic carbocycles. The van der Waals surface area contributed by atoms with Crippen LogP contribution in [0.1, 0.15) is 175 Å². The highest BCUT2D eigenvalue weighted by molar-refractivity contribution is 4.92. The number of ether oxygens (including phenoxy) is 2. The first-order valence-corrected chi connectivity index (χ1v) is 17.0. The molecule has 0 N–H and O–H groups in total. The first kappa shape index (κ1) is 37.1. The molecule has 0 aromatic carbocycles. The van der Waals surface area contributed by atoms with Gasteiger partial charge in [0.2, 0.25) is 0 Å². The number of hydrogen-bond donors (Lipinski definition) is 0. The molecule has 0 radical (unpaired) electrons. The topological polar surface area (TPSA) is 18.5 Å². The minimum atomic E-state index is 0.0169. The van der Waals surface area contributed by atoms with Gasteiger partial charge in [-0.15, -0.1) is 0 Å². The van der Waals surface area contributed by atoms with E-state index in [0.29, 0.717) is 0 Å². The number of rotatable bonds is 31. The molecule has 1 unspecified atom stereocenters. The monoisotopic (exact) mass is 533 g/mol. The van der Waals surface area contributed by atoms with E-state index in [1.807, 2.05) is 0 Å². The van der Waals surface area contributed by atoms with Crippen LogP contribution < -0.4 is 0 Å². The Morgan fingerprint density at radius 1 is 0.395 bits per heavy atom. The molecule has 0 amide bonds. The van der Waals surface area contributed by atoms with Gasteiger partial charge in [-0.25, -0.2) is 0 Å². The zero-order valence-corrected chi connectivity index (χ0v) is 26.2. The molecule has 2 nitrogen and oxygen atoms in total. The molecular weight excluding hydrogens is 464 g/mol. The average Bonchev–Trinajstić information content (AvgIpc) is 2.93. The van der Waals surface area contributed by atoms with E-state index < -0.39 is 0 Å². The molecule has 0 bridgehead atoms. The van der Waals surface area contributed by atoms with Gasteiger partial charge in [-0.05, 0) is 77.0 Å². The van der Waals surface area contributed by atoms with Crippen LogP contribution in [0.4, 0.5) is 0 Å². The largest absolute Gasteiger partial charge is 0.353 e. The van der Waals surface area contributed by atoms with Gasteiger partial charge < -0.3 is 9.47 Å². The number of allylic oxidation sites excluding steroid dienone is 6. The van der Waals surface area contributed by atoms with Crippen molar-refractivity contribution in [2.45, 2.75) is 181 Å². The molecule has 1 atom stereocenters. The second-order valence-corrected chi connectivity index (χ2v) is 11.1. The summed E-state index contributed by atoms with van der Waals surface area (Å²) in [5.74, 6) is 0. The van der Waals surface area contributed by atoms with E-state index in [9.17, 15) is 0 Å². The lowest BCUT2D eigenvalue weighted by molar-refractivity contribution is -0.147. The molecule has 0 aromatic heterocycles. The van der Waals surface area contributed by atoms with Crippen molar-refractivity contribution in [1.82, 2.24) is 0 Å². The molecule has 0 fully saturated rings. The molecule has 0 spiro atoms. The summed E-state index contributed by atoms with van der Waals surface area (Å²) in [6, 6.07) is 0. The fourth-order valence-corrected chi connectivity index (χ4v) is 4.56. The maximum atomic E-state index is 6.15. The highest BCUT2D eigenvalue weighted by Crippen LogP contribution is 2.14. The summed E-state index contributed by atoms with van der Waals surface area (Å²) in [5, 5.41) is 0. The normalized spacial score (nSPS) is 13.0. The van der Waals surface area contributed by atoms with Gasteiger partial charge >= 0.3 is 0 Å². The van der Waals surface area contributed by atoms with Crippen LogP contribution in [0.25, 0.3) is 0 Å². The second-order valence-electron chi connectivity index (χ2n) is 11.1. The summed E-state index contributed by atoms with van der Waals surface area (Å²) in [6.45, 7) is 8.43. The summed E-state index contributed by atoms with van der Waals surface area (Å²) in [7, 11) is 0. The van der Waals surface area contributed by atoms with Crippen LogP contribution >= 0.6 is 0 Å². The Bertz CT molecular complexity index is 507. The van der Waals surface area contributed by atoms with E-state index in [0.717, 1.165) is 32.5 Å². The van der Waals surface area contributed by atoms with Crippen molar-refractivity contribution in [3.8, 4) is 0 Å². The van der Waals surface area contributed by atoms with Gasteiger partial charge in [0.25, 0.3) is 0 Å². The molecule has 0 aliphatic rings. The highest BCUT2D eigenvalue weighted by atomic mass is 16.7. The van der Waals surface area contributed by atoms with E-state index in [1.54, 1.807) is 0 Å². The van der Waals surface area contributed by atoms with Crippen LogP contribution in [-0.2, 0) is 9.47 Å². The highest BCUT2D eigenvalue weighted by Gasteiger charge is 2.09. The smallest absolute Gasteiger partial charge is 0.157 e. The number of hydrogen-bond acceptors (Lipinski definition) is 2. The Kier molecular flexibility index (Phi) is 33.4. The van der Waals surface area contributed by atoms with Crippen molar-refractivity contribution < 1.29 is 9.47 Å². The Morgan fingerprint density at radius 2 is 0.842 bits per heavy atom.